The van der Waals surface area contributed by atoms with Gasteiger partial charge < -0.3 is 10.8 Å². The summed E-state index contributed by atoms with van der Waals surface area (Å²) in [6, 6.07) is 0. The number of nitrogens with two attached hydrogens (primary N) is 1. The van der Waals surface area contributed by atoms with Crippen LogP contribution in [0, 0.1) is 0 Å². The Morgan fingerprint density at radius 3 is 1.45 bits per heavy atom. The quantitative estimate of drug-likeness (QED) is 0.682. The summed E-state index contributed by atoms with van der Waals surface area (Å²) < 4.78 is 0. The standard InChI is InChI=1S/C6H14S.CH3NO2/c1-5(2)7-6(3)4;2-1(3)4/h5-6H,1-4H3;2H2,(H,3,4). The highest BCUT2D eigenvalue weighted by atomic mass is 32.2. The molecule has 3 nitrogen and oxygen atoms in total. The topological polar surface area (TPSA) is 63.3 Å². The van der Waals surface area contributed by atoms with Crippen molar-refractivity contribution >= 4 is 17.9 Å². The molecule has 0 fully saturated rings. The van der Waals surface area contributed by atoms with Crippen LogP contribution in [-0.4, -0.2) is 21.7 Å². The molecule has 0 radical (unpaired) electrons. The van der Waals surface area contributed by atoms with Crippen LogP contribution in [0.25, 0.3) is 0 Å². The normalized spacial score (nSPS) is 9.27. The zero-order valence-electron chi connectivity index (χ0n) is 7.50. The zero-order chi connectivity index (χ0) is 9.44. The number of amides is 1. The van der Waals surface area contributed by atoms with Crippen molar-refractivity contribution in [3.8, 4) is 0 Å². The van der Waals surface area contributed by atoms with E-state index in [1.54, 1.807) is 0 Å². The summed E-state index contributed by atoms with van der Waals surface area (Å²) >= 11 is 2.01. The summed E-state index contributed by atoms with van der Waals surface area (Å²) in [7, 11) is 0. The molecule has 0 aromatic carbocycles. The van der Waals surface area contributed by atoms with Crippen molar-refractivity contribution in [2.24, 2.45) is 5.73 Å². The molecule has 0 rings (SSSR count). The fourth-order valence-corrected chi connectivity index (χ4v) is 1.63. The van der Waals surface area contributed by atoms with Gasteiger partial charge in [-0.25, -0.2) is 4.79 Å². The van der Waals surface area contributed by atoms with Crippen LogP contribution in [0.15, 0.2) is 0 Å². The second-order valence-electron chi connectivity index (χ2n) is 2.57. The third-order valence-corrected chi connectivity index (χ3v) is 1.63. The molecule has 0 atom stereocenters. The van der Waals surface area contributed by atoms with Crippen molar-refractivity contribution in [3.63, 3.8) is 0 Å². The predicted octanol–water partition coefficient (Wildman–Crippen LogP) is 2.16. The van der Waals surface area contributed by atoms with Crippen molar-refractivity contribution in [1.82, 2.24) is 0 Å². The molecule has 0 heterocycles. The fraction of sp³-hybridized carbons (Fsp3) is 0.857. The minimum Gasteiger partial charge on any atom is -0.465 e. The minimum atomic E-state index is -1.33. The van der Waals surface area contributed by atoms with Gasteiger partial charge in [-0.3, -0.25) is 0 Å². The minimum absolute atomic E-state index is 0.792. The molecule has 0 saturated carbocycles. The lowest BCUT2D eigenvalue weighted by atomic mass is 10.6. The van der Waals surface area contributed by atoms with E-state index < -0.39 is 6.09 Å². The van der Waals surface area contributed by atoms with Crippen LogP contribution < -0.4 is 5.73 Å². The molecule has 0 unspecified atom stereocenters. The van der Waals surface area contributed by atoms with E-state index in [0.29, 0.717) is 0 Å². The Labute approximate surface area is 72.4 Å². The molecule has 0 aliphatic carbocycles. The van der Waals surface area contributed by atoms with Gasteiger partial charge in [-0.1, -0.05) is 27.7 Å². The van der Waals surface area contributed by atoms with Crippen LogP contribution in [0.3, 0.4) is 0 Å². The third kappa shape index (κ3) is 42.6. The smallest absolute Gasteiger partial charge is 0.402 e. The first-order valence-electron chi connectivity index (χ1n) is 3.50. The first kappa shape index (κ1) is 13.2. The molecule has 0 aliphatic rings. The van der Waals surface area contributed by atoms with Crippen LogP contribution in [0.5, 0.6) is 0 Å². The molecule has 0 aliphatic heterocycles. The summed E-state index contributed by atoms with van der Waals surface area (Å²) in [5.41, 5.74) is 4.03. The summed E-state index contributed by atoms with van der Waals surface area (Å²) in [5, 5.41) is 8.78. The molecule has 0 bridgehead atoms. The maximum atomic E-state index is 8.78. The highest BCUT2D eigenvalue weighted by molar-refractivity contribution is 8.00. The Morgan fingerprint density at radius 1 is 1.27 bits per heavy atom. The number of rotatable bonds is 2. The van der Waals surface area contributed by atoms with Gasteiger partial charge in [0.15, 0.2) is 0 Å². The lowest BCUT2D eigenvalue weighted by Gasteiger charge is -2.05. The molecule has 68 valence electrons. The molecule has 1 amide bonds. The largest absolute Gasteiger partial charge is 0.465 e. The number of hydrogen-bond donors (Lipinski definition) is 2. The lowest BCUT2D eigenvalue weighted by molar-refractivity contribution is 0.205. The van der Waals surface area contributed by atoms with Gasteiger partial charge in [0, 0.05) is 0 Å². The van der Waals surface area contributed by atoms with Crippen molar-refractivity contribution in [1.29, 1.82) is 0 Å². The second-order valence-corrected chi connectivity index (χ2v) is 4.73. The molecule has 0 aromatic rings. The third-order valence-electron chi connectivity index (χ3n) is 0.544. The monoisotopic (exact) mass is 179 g/mol. The highest BCUT2D eigenvalue weighted by Gasteiger charge is 1.95. The van der Waals surface area contributed by atoms with Gasteiger partial charge in [-0.15, -0.1) is 0 Å². The Morgan fingerprint density at radius 2 is 1.45 bits per heavy atom. The van der Waals surface area contributed by atoms with Crippen LogP contribution in [0.2, 0.25) is 0 Å². The number of primary amides is 1. The molecule has 0 saturated heterocycles. The summed E-state index contributed by atoms with van der Waals surface area (Å²) in [6.07, 6.45) is -1.33. The SMILES string of the molecule is CC(C)SC(C)C.NC(=O)O. The van der Waals surface area contributed by atoms with Crippen LogP contribution in [0.1, 0.15) is 27.7 Å². The second kappa shape index (κ2) is 7.72. The Bertz CT molecular complexity index is 94.6. The van der Waals surface area contributed by atoms with Gasteiger partial charge in [0.2, 0.25) is 0 Å². The average molecular weight is 179 g/mol. The molecular formula is C7H17NO2S. The highest BCUT2D eigenvalue weighted by Crippen LogP contribution is 2.14. The molecule has 0 spiro atoms. The van der Waals surface area contributed by atoms with Crippen molar-refractivity contribution < 1.29 is 9.90 Å². The predicted molar refractivity (Wildman–Crippen MR) is 50.1 cm³/mol. The molecular weight excluding hydrogens is 162 g/mol. The van der Waals surface area contributed by atoms with E-state index in [4.69, 9.17) is 9.90 Å². The van der Waals surface area contributed by atoms with E-state index in [-0.39, 0.29) is 0 Å². The molecule has 3 N–H and O–H groups in total. The van der Waals surface area contributed by atoms with Crippen molar-refractivity contribution in [3.05, 3.63) is 0 Å². The number of carboxylic acid groups (broad SMARTS) is 1. The van der Waals surface area contributed by atoms with Gasteiger partial charge in [-0.05, 0) is 10.5 Å². The van der Waals surface area contributed by atoms with Crippen LogP contribution >= 0.6 is 11.8 Å². The van der Waals surface area contributed by atoms with Crippen molar-refractivity contribution in [2.45, 2.75) is 38.2 Å². The van der Waals surface area contributed by atoms with Gasteiger partial charge in [0.05, 0.1) is 0 Å². The van der Waals surface area contributed by atoms with E-state index in [1.807, 2.05) is 11.8 Å². The zero-order valence-corrected chi connectivity index (χ0v) is 8.31. The van der Waals surface area contributed by atoms with Crippen LogP contribution in [0.4, 0.5) is 4.79 Å². The Balaban J connectivity index is 0. The van der Waals surface area contributed by atoms with Gasteiger partial charge in [-0.2, -0.15) is 11.8 Å². The van der Waals surface area contributed by atoms with Gasteiger partial charge in [0.25, 0.3) is 0 Å². The maximum Gasteiger partial charge on any atom is 0.402 e. The van der Waals surface area contributed by atoms with Gasteiger partial charge >= 0.3 is 6.09 Å². The average Bonchev–Trinajstić information content (AvgIpc) is 1.56. The van der Waals surface area contributed by atoms with Crippen LogP contribution in [-0.2, 0) is 0 Å². The van der Waals surface area contributed by atoms with E-state index in [9.17, 15) is 0 Å². The summed E-state index contributed by atoms with van der Waals surface area (Å²) in [6.45, 7) is 8.91. The van der Waals surface area contributed by atoms with E-state index in [1.165, 1.54) is 0 Å². The Hall–Kier alpha value is -0.380. The van der Waals surface area contributed by atoms with E-state index in [2.05, 4.69) is 33.4 Å². The van der Waals surface area contributed by atoms with E-state index in [0.717, 1.165) is 10.5 Å². The number of carbonyl (C=O) groups is 1. The lowest BCUT2D eigenvalue weighted by Crippen LogP contribution is -2.03. The maximum absolute atomic E-state index is 8.78. The number of hydrogen-bond acceptors (Lipinski definition) is 2. The first-order valence-corrected chi connectivity index (χ1v) is 4.44. The molecule has 11 heavy (non-hydrogen) atoms. The molecule has 0 aromatic heterocycles. The van der Waals surface area contributed by atoms with Crippen molar-refractivity contribution in [2.75, 3.05) is 0 Å². The number of thioether (sulfide) groups is 1. The van der Waals surface area contributed by atoms with E-state index >= 15 is 0 Å². The molecule has 4 heteroatoms. The summed E-state index contributed by atoms with van der Waals surface area (Å²) in [5.74, 6) is 0. The Kier molecular flexibility index (Phi) is 9.29. The summed E-state index contributed by atoms with van der Waals surface area (Å²) in [4.78, 5) is 8.78. The fourth-order valence-electron chi connectivity index (χ4n) is 0.544. The first-order chi connectivity index (χ1) is 4.86. The van der Waals surface area contributed by atoms with Gasteiger partial charge in [0.1, 0.15) is 0 Å².